The summed E-state index contributed by atoms with van der Waals surface area (Å²) < 4.78 is 61.1. The van der Waals surface area contributed by atoms with Crippen LogP contribution in [0.2, 0.25) is 10.0 Å². The molecule has 0 aliphatic carbocycles. The second-order valence-electron chi connectivity index (χ2n) is 4.07. The van der Waals surface area contributed by atoms with Gasteiger partial charge in [-0.05, 0) is 48.5 Å². The zero-order valence-electron chi connectivity index (χ0n) is 10.6. The lowest BCUT2D eigenvalue weighted by Gasteiger charge is -2.13. The predicted octanol–water partition coefficient (Wildman–Crippen LogP) is 3.26. The molecule has 0 radical (unpaired) electrons. The van der Waals surface area contributed by atoms with E-state index >= 15 is 0 Å². The topological polar surface area (TPSA) is 71.5 Å². The van der Waals surface area contributed by atoms with Crippen molar-refractivity contribution in [3.05, 3.63) is 58.6 Å². The molecule has 0 bridgehead atoms. The molecular weight excluding hydrogens is 376 g/mol. The molecule has 0 unspecified atom stereocenters. The molecule has 0 atom stereocenters. The molecule has 22 heavy (non-hydrogen) atoms. The van der Waals surface area contributed by atoms with Gasteiger partial charge in [0.15, 0.2) is 0 Å². The number of halogens is 3. The van der Waals surface area contributed by atoms with Crippen molar-refractivity contribution in [2.75, 3.05) is 0 Å². The number of rotatable bonds is 4. The number of benzene rings is 2. The first kappa shape index (κ1) is 17.2. The molecule has 0 aromatic heterocycles. The van der Waals surface area contributed by atoms with Crippen molar-refractivity contribution in [1.82, 2.24) is 3.93 Å². The van der Waals surface area contributed by atoms with E-state index in [9.17, 15) is 21.3 Å². The van der Waals surface area contributed by atoms with Gasteiger partial charge in [0.25, 0.3) is 20.0 Å². The standard InChI is InChI=1S/C12H8Cl2FNO4S2/c13-9-1-5-11(6-2-9)21(17,18)16(15)22(19,20)12-7-3-10(14)4-8-12/h1-8H. The molecular formula is C12H8Cl2FNO4S2. The van der Waals surface area contributed by atoms with Crippen LogP contribution in [0, 0.1) is 0 Å². The Hall–Kier alpha value is -1.19. The molecule has 0 heterocycles. The SMILES string of the molecule is O=S(=O)(c1ccc(Cl)cc1)N(F)S(=O)(=O)c1ccc(Cl)cc1. The highest BCUT2D eigenvalue weighted by atomic mass is 35.5. The van der Waals surface area contributed by atoms with E-state index in [4.69, 9.17) is 23.2 Å². The zero-order valence-corrected chi connectivity index (χ0v) is 13.8. The highest BCUT2D eigenvalue weighted by Gasteiger charge is 2.37. The van der Waals surface area contributed by atoms with Crippen LogP contribution in [0.25, 0.3) is 0 Å². The van der Waals surface area contributed by atoms with Crippen molar-refractivity contribution >= 4 is 43.2 Å². The summed E-state index contributed by atoms with van der Waals surface area (Å²) in [6.45, 7) is 0. The second kappa shape index (κ2) is 6.13. The molecule has 0 aliphatic rings. The van der Waals surface area contributed by atoms with E-state index in [0.29, 0.717) is 0 Å². The van der Waals surface area contributed by atoms with Gasteiger partial charge in [-0.25, -0.2) is 16.8 Å². The van der Waals surface area contributed by atoms with Crippen LogP contribution in [-0.4, -0.2) is 20.8 Å². The van der Waals surface area contributed by atoms with Crippen LogP contribution in [0.3, 0.4) is 0 Å². The van der Waals surface area contributed by atoms with Gasteiger partial charge in [0.1, 0.15) is 0 Å². The maximum Gasteiger partial charge on any atom is 0.283 e. The molecule has 0 saturated heterocycles. The smallest absolute Gasteiger partial charge is 0.203 e. The lowest BCUT2D eigenvalue weighted by Crippen LogP contribution is -2.29. The number of hydrogen-bond acceptors (Lipinski definition) is 4. The van der Waals surface area contributed by atoms with Gasteiger partial charge < -0.3 is 0 Å². The van der Waals surface area contributed by atoms with E-state index in [0.717, 1.165) is 24.3 Å². The minimum atomic E-state index is -4.88. The lowest BCUT2D eigenvalue weighted by molar-refractivity contribution is 0.250. The molecule has 0 fully saturated rings. The Labute approximate surface area is 136 Å². The molecule has 0 spiro atoms. The predicted molar refractivity (Wildman–Crippen MR) is 80.2 cm³/mol. The fourth-order valence-electron chi connectivity index (χ4n) is 1.51. The molecule has 0 aliphatic heterocycles. The largest absolute Gasteiger partial charge is 0.283 e. The van der Waals surface area contributed by atoms with Crippen LogP contribution < -0.4 is 0 Å². The van der Waals surface area contributed by atoms with Crippen LogP contribution >= 0.6 is 23.2 Å². The zero-order chi connectivity index (χ0) is 16.5. The highest BCUT2D eigenvalue weighted by molar-refractivity contribution is 8.03. The molecule has 118 valence electrons. The quantitative estimate of drug-likeness (QED) is 0.759. The maximum atomic E-state index is 14.1. The van der Waals surface area contributed by atoms with Gasteiger partial charge in [-0.2, -0.15) is 0 Å². The van der Waals surface area contributed by atoms with E-state index in [-0.39, 0.29) is 10.0 Å². The first-order valence-corrected chi connectivity index (χ1v) is 9.27. The van der Waals surface area contributed by atoms with Crippen LogP contribution in [0.15, 0.2) is 58.3 Å². The summed E-state index contributed by atoms with van der Waals surface area (Å²) in [6, 6.07) is 8.83. The summed E-state index contributed by atoms with van der Waals surface area (Å²) in [5, 5.41) is 0.454. The van der Waals surface area contributed by atoms with E-state index in [2.05, 4.69) is 0 Å². The third kappa shape index (κ3) is 3.26. The van der Waals surface area contributed by atoms with Gasteiger partial charge in [-0.15, -0.1) is 4.48 Å². The summed E-state index contributed by atoms with van der Waals surface area (Å²) >= 11 is 11.2. The Bertz CT molecular complexity index is 806. The normalized spacial score (nSPS) is 12.5. The Kier molecular flexibility index (Phi) is 4.78. The van der Waals surface area contributed by atoms with Crippen LogP contribution in [0.5, 0.6) is 0 Å². The summed E-state index contributed by atoms with van der Waals surface area (Å²) in [6.07, 6.45) is 0. The second-order valence-corrected chi connectivity index (χ2v) is 8.66. The minimum Gasteiger partial charge on any atom is -0.203 e. The summed E-state index contributed by atoms with van der Waals surface area (Å²) in [5.74, 6) is 0. The Morgan fingerprint density at radius 3 is 1.23 bits per heavy atom. The highest BCUT2D eigenvalue weighted by Crippen LogP contribution is 2.26. The number of nitrogens with zero attached hydrogens (tertiary/aromatic N) is 1. The van der Waals surface area contributed by atoms with Gasteiger partial charge in [0.05, 0.1) is 13.7 Å². The van der Waals surface area contributed by atoms with E-state index < -0.39 is 33.8 Å². The van der Waals surface area contributed by atoms with Crippen LogP contribution in [0.1, 0.15) is 0 Å². The molecule has 0 saturated carbocycles. The van der Waals surface area contributed by atoms with Crippen LogP contribution in [0.4, 0.5) is 4.48 Å². The van der Waals surface area contributed by atoms with Gasteiger partial charge in [0, 0.05) is 10.0 Å². The molecule has 0 N–H and O–H groups in total. The van der Waals surface area contributed by atoms with Crippen molar-refractivity contribution < 1.29 is 21.3 Å². The van der Waals surface area contributed by atoms with Crippen molar-refractivity contribution in [1.29, 1.82) is 0 Å². The summed E-state index contributed by atoms with van der Waals surface area (Å²) in [5.41, 5.74) is 0. The summed E-state index contributed by atoms with van der Waals surface area (Å²) in [7, 11) is -9.77. The number of sulfonamides is 2. The monoisotopic (exact) mass is 383 g/mol. The van der Waals surface area contributed by atoms with Crippen molar-refractivity contribution in [3.63, 3.8) is 0 Å². The van der Waals surface area contributed by atoms with E-state index in [1.165, 1.54) is 24.3 Å². The van der Waals surface area contributed by atoms with Crippen molar-refractivity contribution in [2.24, 2.45) is 0 Å². The summed E-state index contributed by atoms with van der Waals surface area (Å²) in [4.78, 5) is -1.09. The third-order valence-electron chi connectivity index (χ3n) is 2.60. The fourth-order valence-corrected chi connectivity index (χ4v) is 4.60. The first-order chi connectivity index (χ1) is 10.2. The average Bonchev–Trinajstić information content (AvgIpc) is 2.47. The minimum absolute atomic E-state index is 0.227. The van der Waals surface area contributed by atoms with E-state index in [1.807, 2.05) is 0 Å². The van der Waals surface area contributed by atoms with Crippen LogP contribution in [-0.2, 0) is 20.0 Å². The molecule has 0 amide bonds. The Balaban J connectivity index is 2.47. The van der Waals surface area contributed by atoms with Gasteiger partial charge in [0.2, 0.25) is 0 Å². The molecule has 2 aromatic carbocycles. The molecule has 5 nitrogen and oxygen atoms in total. The average molecular weight is 384 g/mol. The van der Waals surface area contributed by atoms with Gasteiger partial charge in [-0.3, -0.25) is 0 Å². The lowest BCUT2D eigenvalue weighted by atomic mass is 10.4. The Morgan fingerprint density at radius 1 is 0.682 bits per heavy atom. The van der Waals surface area contributed by atoms with Gasteiger partial charge >= 0.3 is 0 Å². The fraction of sp³-hybridized carbons (Fsp3) is 0. The Morgan fingerprint density at radius 2 is 0.955 bits per heavy atom. The van der Waals surface area contributed by atoms with Gasteiger partial charge in [-0.1, -0.05) is 23.2 Å². The van der Waals surface area contributed by atoms with Crippen molar-refractivity contribution in [2.45, 2.75) is 9.79 Å². The molecule has 10 heteroatoms. The number of hydrogen-bond donors (Lipinski definition) is 0. The molecule has 2 aromatic rings. The maximum absolute atomic E-state index is 14.1. The van der Waals surface area contributed by atoms with Crippen molar-refractivity contribution in [3.8, 4) is 0 Å². The third-order valence-corrected chi connectivity index (χ3v) is 6.77. The first-order valence-electron chi connectivity index (χ1n) is 5.63. The molecule has 2 rings (SSSR count). The van der Waals surface area contributed by atoms with E-state index in [1.54, 1.807) is 0 Å².